The van der Waals surface area contributed by atoms with Gasteiger partial charge in [0.1, 0.15) is 5.69 Å². The van der Waals surface area contributed by atoms with Gasteiger partial charge in [0.2, 0.25) is 5.91 Å². The van der Waals surface area contributed by atoms with Gasteiger partial charge in [0, 0.05) is 41.8 Å². The van der Waals surface area contributed by atoms with Crippen molar-refractivity contribution in [3.8, 4) is 0 Å². The van der Waals surface area contributed by atoms with Crippen LogP contribution in [0.25, 0.3) is 10.9 Å². The summed E-state index contributed by atoms with van der Waals surface area (Å²) in [4.78, 5) is 38.1. The van der Waals surface area contributed by atoms with Gasteiger partial charge in [-0.2, -0.15) is 0 Å². The Labute approximate surface area is 179 Å². The Morgan fingerprint density at radius 1 is 1.10 bits per heavy atom. The van der Waals surface area contributed by atoms with Gasteiger partial charge in [-0.25, -0.2) is 4.98 Å². The molecule has 30 heavy (non-hydrogen) atoms. The average molecular weight is 424 g/mol. The normalized spacial score (nSPS) is 16.5. The Hall–Kier alpha value is -2.87. The number of aromatic amines is 1. The molecule has 1 aromatic carbocycles. The van der Waals surface area contributed by atoms with E-state index in [9.17, 15) is 9.59 Å². The zero-order valence-corrected chi connectivity index (χ0v) is 17.6. The van der Waals surface area contributed by atoms with Crippen LogP contribution in [0.3, 0.4) is 0 Å². The molecule has 2 aliphatic heterocycles. The fourth-order valence-corrected chi connectivity index (χ4v) is 5.23. The van der Waals surface area contributed by atoms with Crippen molar-refractivity contribution in [2.45, 2.75) is 32.2 Å². The van der Waals surface area contributed by atoms with E-state index < -0.39 is 0 Å². The molecule has 2 N–H and O–H groups in total. The molecule has 2 aliphatic rings. The molecule has 2 aromatic heterocycles. The van der Waals surface area contributed by atoms with Crippen LogP contribution in [0, 0.1) is 0 Å². The molecule has 156 valence electrons. The van der Waals surface area contributed by atoms with Gasteiger partial charge >= 0.3 is 0 Å². The van der Waals surface area contributed by atoms with E-state index in [0.29, 0.717) is 18.8 Å². The summed E-state index contributed by atoms with van der Waals surface area (Å²) in [5, 5.41) is 5.01. The predicted octanol–water partition coefficient (Wildman–Crippen LogP) is 3.25. The van der Waals surface area contributed by atoms with Crippen LogP contribution in [0.4, 0.5) is 5.13 Å². The Bertz CT molecular complexity index is 1050. The summed E-state index contributed by atoms with van der Waals surface area (Å²) in [7, 11) is 0. The van der Waals surface area contributed by atoms with Crippen LogP contribution in [0.15, 0.2) is 30.3 Å². The molecule has 0 bridgehead atoms. The SMILES string of the molecule is O=C(CNc1nc2c(s1)CN(C(=O)c1cc3ccccc3[nH]1)CC2)N1CCCCC1. The van der Waals surface area contributed by atoms with Gasteiger partial charge in [-0.15, -0.1) is 0 Å². The number of hydrogen-bond donors (Lipinski definition) is 2. The van der Waals surface area contributed by atoms with E-state index >= 15 is 0 Å². The number of anilines is 1. The van der Waals surface area contributed by atoms with Gasteiger partial charge in [-0.1, -0.05) is 29.5 Å². The molecule has 0 atom stereocenters. The van der Waals surface area contributed by atoms with E-state index in [4.69, 9.17) is 0 Å². The Morgan fingerprint density at radius 2 is 1.93 bits per heavy atom. The number of likely N-dealkylation sites (tertiary alicyclic amines) is 1. The number of nitrogens with one attached hydrogen (secondary N) is 2. The summed E-state index contributed by atoms with van der Waals surface area (Å²) in [5.41, 5.74) is 2.63. The lowest BCUT2D eigenvalue weighted by Gasteiger charge is -2.26. The Balaban J connectivity index is 1.23. The maximum atomic E-state index is 13.0. The van der Waals surface area contributed by atoms with Gasteiger partial charge in [0.25, 0.3) is 5.91 Å². The first-order valence-corrected chi connectivity index (χ1v) is 11.4. The van der Waals surface area contributed by atoms with Crippen molar-refractivity contribution in [1.82, 2.24) is 19.8 Å². The number of H-pyrrole nitrogens is 1. The zero-order chi connectivity index (χ0) is 20.5. The van der Waals surface area contributed by atoms with Gasteiger partial charge in [0.15, 0.2) is 5.13 Å². The number of thiazole rings is 1. The number of nitrogens with zero attached hydrogens (tertiary/aromatic N) is 3. The van der Waals surface area contributed by atoms with Crippen molar-refractivity contribution in [3.63, 3.8) is 0 Å². The minimum atomic E-state index is 0.0139. The molecule has 0 saturated carbocycles. The minimum Gasteiger partial charge on any atom is -0.352 e. The molecule has 7 nitrogen and oxygen atoms in total. The molecule has 1 saturated heterocycles. The summed E-state index contributed by atoms with van der Waals surface area (Å²) in [6, 6.07) is 9.83. The van der Waals surface area contributed by atoms with E-state index in [1.54, 1.807) is 11.3 Å². The molecule has 1 fully saturated rings. The predicted molar refractivity (Wildman–Crippen MR) is 118 cm³/mol. The van der Waals surface area contributed by atoms with Crippen LogP contribution in [0.1, 0.15) is 40.3 Å². The van der Waals surface area contributed by atoms with Crippen molar-refractivity contribution in [1.29, 1.82) is 0 Å². The number of carbonyl (C=O) groups is 2. The Morgan fingerprint density at radius 3 is 2.77 bits per heavy atom. The maximum Gasteiger partial charge on any atom is 0.270 e. The average Bonchev–Trinajstić information content (AvgIpc) is 3.40. The lowest BCUT2D eigenvalue weighted by Crippen LogP contribution is -2.39. The smallest absolute Gasteiger partial charge is 0.270 e. The summed E-state index contributed by atoms with van der Waals surface area (Å²) >= 11 is 1.55. The molecule has 4 heterocycles. The van der Waals surface area contributed by atoms with Crippen molar-refractivity contribution in [2.24, 2.45) is 0 Å². The molecule has 0 unspecified atom stereocenters. The number of piperidine rings is 1. The highest BCUT2D eigenvalue weighted by Crippen LogP contribution is 2.29. The van der Waals surface area contributed by atoms with E-state index in [1.165, 1.54) is 6.42 Å². The number of aromatic nitrogens is 2. The standard InChI is InChI=1S/C22H25N5O2S/c28-20(26-9-4-1-5-10-26)13-23-22-25-17-8-11-27(14-19(17)30-22)21(29)18-12-15-6-2-3-7-16(15)24-18/h2-3,6-7,12,24H,1,4-5,8-11,13-14H2,(H,23,25). The number of carbonyl (C=O) groups excluding carboxylic acids is 2. The maximum absolute atomic E-state index is 13.0. The number of fused-ring (bicyclic) bond motifs is 2. The van der Waals surface area contributed by atoms with Crippen molar-refractivity contribution in [2.75, 3.05) is 31.5 Å². The highest BCUT2D eigenvalue weighted by molar-refractivity contribution is 7.15. The second-order valence-corrected chi connectivity index (χ2v) is 9.01. The molecule has 3 aromatic rings. The summed E-state index contributed by atoms with van der Waals surface area (Å²) < 4.78 is 0. The lowest BCUT2D eigenvalue weighted by atomic mass is 10.1. The number of hydrogen-bond acceptors (Lipinski definition) is 5. The van der Waals surface area contributed by atoms with Crippen LogP contribution in [-0.4, -0.2) is 57.8 Å². The molecule has 8 heteroatoms. The largest absolute Gasteiger partial charge is 0.352 e. The first-order chi connectivity index (χ1) is 14.7. The second kappa shape index (κ2) is 8.10. The molecule has 5 rings (SSSR count). The second-order valence-electron chi connectivity index (χ2n) is 7.93. The fourth-order valence-electron chi connectivity index (χ4n) is 4.21. The van der Waals surface area contributed by atoms with Gasteiger partial charge in [-0.3, -0.25) is 9.59 Å². The van der Waals surface area contributed by atoms with E-state index in [1.807, 2.05) is 40.1 Å². The number of para-hydroxylation sites is 1. The van der Waals surface area contributed by atoms with Crippen LogP contribution in [-0.2, 0) is 17.8 Å². The summed E-state index contributed by atoms with van der Waals surface area (Å²) in [6.07, 6.45) is 4.14. The van der Waals surface area contributed by atoms with Gasteiger partial charge in [-0.05, 0) is 31.4 Å². The third-order valence-corrected chi connectivity index (χ3v) is 6.92. The zero-order valence-electron chi connectivity index (χ0n) is 16.8. The number of amides is 2. The highest BCUT2D eigenvalue weighted by atomic mass is 32.1. The first kappa shape index (κ1) is 19.1. The van der Waals surface area contributed by atoms with Crippen molar-refractivity contribution < 1.29 is 9.59 Å². The van der Waals surface area contributed by atoms with Gasteiger partial charge in [0.05, 0.1) is 18.8 Å². The summed E-state index contributed by atoms with van der Waals surface area (Å²) in [5.74, 6) is 0.151. The molecular formula is C22H25N5O2S. The third kappa shape index (κ3) is 3.79. The molecule has 0 aliphatic carbocycles. The van der Waals surface area contributed by atoms with Crippen molar-refractivity contribution in [3.05, 3.63) is 46.6 Å². The fraction of sp³-hybridized carbons (Fsp3) is 0.409. The monoisotopic (exact) mass is 423 g/mol. The molecule has 2 amide bonds. The van der Waals surface area contributed by atoms with E-state index in [2.05, 4.69) is 15.3 Å². The third-order valence-electron chi connectivity index (χ3n) is 5.88. The topological polar surface area (TPSA) is 81.3 Å². The van der Waals surface area contributed by atoms with E-state index in [-0.39, 0.29) is 18.4 Å². The minimum absolute atomic E-state index is 0.0139. The van der Waals surface area contributed by atoms with Gasteiger partial charge < -0.3 is 20.1 Å². The quantitative estimate of drug-likeness (QED) is 0.675. The molecule has 0 spiro atoms. The first-order valence-electron chi connectivity index (χ1n) is 10.5. The van der Waals surface area contributed by atoms with Crippen LogP contribution in [0.2, 0.25) is 0 Å². The molecule has 0 radical (unpaired) electrons. The van der Waals surface area contributed by atoms with Crippen LogP contribution < -0.4 is 5.32 Å². The van der Waals surface area contributed by atoms with E-state index in [0.717, 1.165) is 59.0 Å². The van der Waals surface area contributed by atoms with Crippen LogP contribution in [0.5, 0.6) is 0 Å². The van der Waals surface area contributed by atoms with Crippen molar-refractivity contribution >= 4 is 39.2 Å². The summed E-state index contributed by atoms with van der Waals surface area (Å²) in [6.45, 7) is 3.21. The lowest BCUT2D eigenvalue weighted by molar-refractivity contribution is -0.130. The number of benzene rings is 1. The van der Waals surface area contributed by atoms with Crippen LogP contribution >= 0.6 is 11.3 Å². The molecular weight excluding hydrogens is 398 g/mol. The Kier molecular flexibility index (Phi) is 5.16. The highest BCUT2D eigenvalue weighted by Gasteiger charge is 2.26. The number of rotatable bonds is 4.